The normalized spacial score (nSPS) is 37.5. The van der Waals surface area contributed by atoms with Gasteiger partial charge in [0.1, 0.15) is 0 Å². The first-order valence-corrected chi connectivity index (χ1v) is 5.66. The highest BCUT2D eigenvalue weighted by Crippen LogP contribution is 2.38. The molecule has 2 unspecified atom stereocenters. The second kappa shape index (κ2) is 5.06. The summed E-state index contributed by atoms with van der Waals surface area (Å²) in [7, 11) is 0. The summed E-state index contributed by atoms with van der Waals surface area (Å²) >= 11 is 1.75. The third-order valence-electron chi connectivity index (χ3n) is 2.54. The summed E-state index contributed by atoms with van der Waals surface area (Å²) in [6, 6.07) is 0. The van der Waals surface area contributed by atoms with Gasteiger partial charge in [0.25, 0.3) is 0 Å². The molecule has 1 heteroatoms. The molecule has 1 fully saturated rings. The van der Waals surface area contributed by atoms with E-state index in [4.69, 9.17) is 0 Å². The van der Waals surface area contributed by atoms with E-state index >= 15 is 0 Å². The minimum absolute atomic E-state index is 1.000. The monoisotopic (exact) mass is 160 g/mol. The molecule has 2 atom stereocenters. The van der Waals surface area contributed by atoms with E-state index in [1.165, 1.54) is 6.42 Å². The van der Waals surface area contributed by atoms with Crippen LogP contribution in [0.15, 0.2) is 0 Å². The summed E-state index contributed by atoms with van der Waals surface area (Å²) in [6.07, 6.45) is 5.54. The molecule has 0 radical (unpaired) electrons. The van der Waals surface area contributed by atoms with E-state index in [2.05, 4.69) is 20.8 Å². The summed E-state index contributed by atoms with van der Waals surface area (Å²) < 4.78 is 0. The lowest BCUT2D eigenvalue weighted by Gasteiger charge is -2.38. The predicted octanol–water partition coefficient (Wildman–Crippen LogP) is 3.28. The van der Waals surface area contributed by atoms with Crippen LogP contribution in [0.1, 0.15) is 27.2 Å². The van der Waals surface area contributed by atoms with E-state index in [1.54, 1.807) is 11.8 Å². The first-order valence-electron chi connectivity index (χ1n) is 4.03. The minimum atomic E-state index is 1.000. The lowest BCUT2D eigenvalue weighted by atomic mass is 9.68. The Bertz CT molecular complexity index is 72.8. The second-order valence-corrected chi connectivity index (χ2v) is 4.27. The van der Waals surface area contributed by atoms with E-state index in [0.717, 1.165) is 17.8 Å². The Labute approximate surface area is 69.8 Å². The largest absolute Gasteiger partial charge is 0.169 e. The van der Waals surface area contributed by atoms with Crippen molar-refractivity contribution in [3.8, 4) is 0 Å². The molecule has 0 heterocycles. The van der Waals surface area contributed by atoms with Crippen LogP contribution in [-0.2, 0) is 0 Å². The summed E-state index contributed by atoms with van der Waals surface area (Å²) in [4.78, 5) is 0. The summed E-state index contributed by atoms with van der Waals surface area (Å²) in [5.41, 5.74) is 0. The van der Waals surface area contributed by atoms with Gasteiger partial charge in [-0.1, -0.05) is 20.8 Å². The molecule has 0 aliphatic heterocycles. The van der Waals surface area contributed by atoms with Crippen LogP contribution >= 0.6 is 11.8 Å². The summed E-state index contributed by atoms with van der Waals surface area (Å²) in [5, 5.41) is 0. The maximum absolute atomic E-state index is 2.35. The fourth-order valence-corrected chi connectivity index (χ4v) is 1.38. The van der Waals surface area contributed by atoms with Crippen molar-refractivity contribution in [2.45, 2.75) is 27.2 Å². The van der Waals surface area contributed by atoms with Crippen LogP contribution in [0.4, 0.5) is 0 Å². The predicted molar refractivity (Wildman–Crippen MR) is 51.5 cm³/mol. The van der Waals surface area contributed by atoms with E-state index in [0.29, 0.717) is 0 Å². The maximum atomic E-state index is 2.35. The van der Waals surface area contributed by atoms with Gasteiger partial charge in [0.2, 0.25) is 0 Å². The van der Waals surface area contributed by atoms with Crippen molar-refractivity contribution in [1.29, 1.82) is 0 Å². The Morgan fingerprint density at radius 2 is 1.30 bits per heavy atom. The molecule has 0 bridgehead atoms. The molecule has 0 aromatic heterocycles. The average molecular weight is 160 g/mol. The summed E-state index contributed by atoms with van der Waals surface area (Å²) in [6.45, 7) is 7.02. The van der Waals surface area contributed by atoms with Gasteiger partial charge in [-0.05, 0) is 36.7 Å². The van der Waals surface area contributed by atoms with Gasteiger partial charge in [-0.3, -0.25) is 0 Å². The molecule has 1 aliphatic carbocycles. The zero-order valence-corrected chi connectivity index (χ0v) is 8.66. The molecule has 1 rings (SSSR count). The zero-order valence-electron chi connectivity index (χ0n) is 7.85. The highest BCUT2D eigenvalue weighted by Gasteiger charge is 2.29. The Hall–Kier alpha value is 0.350. The number of rotatable bonds is 0. The molecule has 0 spiro atoms. The van der Waals surface area contributed by atoms with Crippen molar-refractivity contribution in [1.82, 2.24) is 0 Å². The lowest BCUT2D eigenvalue weighted by molar-refractivity contribution is 0.120. The molecule has 0 nitrogen and oxygen atoms in total. The SMILES string of the molecule is CC1CC(C)C1C.CSC. The van der Waals surface area contributed by atoms with Crippen molar-refractivity contribution in [2.24, 2.45) is 17.8 Å². The van der Waals surface area contributed by atoms with Crippen molar-refractivity contribution in [2.75, 3.05) is 12.5 Å². The molecule has 1 saturated carbocycles. The standard InChI is InChI=1S/C7H14.C2H6S/c1-5-4-6(2)7(5)3;1-3-2/h5-7H,4H2,1-3H3;1-2H3. The third kappa shape index (κ3) is 2.96. The molecular weight excluding hydrogens is 140 g/mol. The molecule has 1 aliphatic rings. The van der Waals surface area contributed by atoms with Crippen LogP contribution in [0.3, 0.4) is 0 Å². The quantitative estimate of drug-likeness (QED) is 0.524. The second-order valence-electron chi connectivity index (χ2n) is 3.46. The molecule has 0 saturated heterocycles. The van der Waals surface area contributed by atoms with Crippen molar-refractivity contribution < 1.29 is 0 Å². The van der Waals surface area contributed by atoms with E-state index < -0.39 is 0 Å². The molecule has 0 aromatic carbocycles. The van der Waals surface area contributed by atoms with Crippen LogP contribution in [0.25, 0.3) is 0 Å². The Balaban J connectivity index is 0.000000236. The molecule has 62 valence electrons. The first-order chi connectivity index (χ1) is 4.63. The lowest BCUT2D eigenvalue weighted by Crippen LogP contribution is -2.29. The van der Waals surface area contributed by atoms with E-state index in [9.17, 15) is 0 Å². The maximum Gasteiger partial charge on any atom is -0.0187 e. The van der Waals surface area contributed by atoms with Gasteiger partial charge in [0.05, 0.1) is 0 Å². The molecule has 0 aromatic rings. The van der Waals surface area contributed by atoms with Crippen molar-refractivity contribution in [3.05, 3.63) is 0 Å². The van der Waals surface area contributed by atoms with Gasteiger partial charge in [0.15, 0.2) is 0 Å². The van der Waals surface area contributed by atoms with Crippen molar-refractivity contribution >= 4 is 11.8 Å². The van der Waals surface area contributed by atoms with Gasteiger partial charge >= 0.3 is 0 Å². The highest BCUT2D eigenvalue weighted by molar-refractivity contribution is 7.97. The van der Waals surface area contributed by atoms with Gasteiger partial charge in [-0.25, -0.2) is 0 Å². The first kappa shape index (κ1) is 10.3. The Morgan fingerprint density at radius 1 is 1.00 bits per heavy atom. The van der Waals surface area contributed by atoms with Crippen LogP contribution in [0, 0.1) is 17.8 Å². The van der Waals surface area contributed by atoms with E-state index in [-0.39, 0.29) is 0 Å². The molecule has 0 amide bonds. The smallest absolute Gasteiger partial charge is 0.0187 e. The van der Waals surface area contributed by atoms with Crippen LogP contribution in [0.2, 0.25) is 0 Å². The third-order valence-corrected chi connectivity index (χ3v) is 2.54. The zero-order chi connectivity index (χ0) is 8.15. The minimum Gasteiger partial charge on any atom is -0.169 e. The Morgan fingerprint density at radius 3 is 1.30 bits per heavy atom. The Kier molecular flexibility index (Phi) is 5.24. The molecule has 10 heavy (non-hydrogen) atoms. The van der Waals surface area contributed by atoms with Crippen molar-refractivity contribution in [3.63, 3.8) is 0 Å². The van der Waals surface area contributed by atoms with Gasteiger partial charge in [-0.15, -0.1) is 0 Å². The highest BCUT2D eigenvalue weighted by atomic mass is 32.2. The van der Waals surface area contributed by atoms with E-state index in [1.807, 2.05) is 12.5 Å². The van der Waals surface area contributed by atoms with Gasteiger partial charge < -0.3 is 0 Å². The number of thioether (sulfide) groups is 1. The van der Waals surface area contributed by atoms with Gasteiger partial charge in [0, 0.05) is 0 Å². The van der Waals surface area contributed by atoms with Gasteiger partial charge in [-0.2, -0.15) is 11.8 Å². The molecule has 0 N–H and O–H groups in total. The van der Waals surface area contributed by atoms with Crippen LogP contribution in [0.5, 0.6) is 0 Å². The van der Waals surface area contributed by atoms with Crippen LogP contribution in [-0.4, -0.2) is 12.5 Å². The fraction of sp³-hybridized carbons (Fsp3) is 1.00. The summed E-state index contributed by atoms with van der Waals surface area (Å²) in [5.74, 6) is 3.02. The van der Waals surface area contributed by atoms with Crippen LogP contribution < -0.4 is 0 Å². The topological polar surface area (TPSA) is 0 Å². The average Bonchev–Trinajstić information content (AvgIpc) is 1.90. The molecular formula is C9H20S. The fourth-order valence-electron chi connectivity index (χ4n) is 1.38. The number of hydrogen-bond donors (Lipinski definition) is 0. The number of hydrogen-bond acceptors (Lipinski definition) is 1.